The molecule has 4 aromatic rings. The van der Waals surface area contributed by atoms with Gasteiger partial charge in [-0.05, 0) is 43.7 Å². The number of hydrogen-bond acceptors (Lipinski definition) is 7. The van der Waals surface area contributed by atoms with E-state index in [1.807, 2.05) is 37.4 Å². The number of aromatic nitrogens is 4. The fourth-order valence-electron chi connectivity index (χ4n) is 4.17. The number of hydrogen-bond donors (Lipinski definition) is 1. The monoisotopic (exact) mass is 463 g/mol. The van der Waals surface area contributed by atoms with Gasteiger partial charge in [-0.15, -0.1) is 0 Å². The normalized spacial score (nSPS) is 16.9. The smallest absolute Gasteiger partial charge is 0.175 e. The molecule has 170 valence electrons. The van der Waals surface area contributed by atoms with Gasteiger partial charge in [0.15, 0.2) is 15.7 Å². The Morgan fingerprint density at radius 1 is 1.12 bits per heavy atom. The van der Waals surface area contributed by atoms with E-state index in [-0.39, 0.29) is 10.9 Å². The van der Waals surface area contributed by atoms with Crippen LogP contribution in [0.15, 0.2) is 53.7 Å². The predicted octanol–water partition coefficient (Wildman–Crippen LogP) is 3.62. The van der Waals surface area contributed by atoms with Crippen molar-refractivity contribution in [1.82, 2.24) is 19.9 Å². The molecule has 1 aliphatic rings. The van der Waals surface area contributed by atoms with E-state index in [4.69, 9.17) is 14.7 Å². The summed E-state index contributed by atoms with van der Waals surface area (Å²) in [6.07, 6.45) is 4.79. The van der Waals surface area contributed by atoms with Crippen LogP contribution in [0.5, 0.6) is 0 Å². The molecule has 8 nitrogen and oxygen atoms in total. The molecule has 1 aliphatic heterocycles. The fourth-order valence-corrected chi connectivity index (χ4v) is 4.82. The Kier molecular flexibility index (Phi) is 5.38. The van der Waals surface area contributed by atoms with Gasteiger partial charge in [0, 0.05) is 47.8 Å². The summed E-state index contributed by atoms with van der Waals surface area (Å²) in [5.41, 5.74) is 4.01. The van der Waals surface area contributed by atoms with Gasteiger partial charge in [0.25, 0.3) is 0 Å². The molecular formula is C24H25N5O3S. The Hall–Kier alpha value is -3.30. The van der Waals surface area contributed by atoms with E-state index in [1.165, 1.54) is 6.26 Å². The minimum atomic E-state index is -3.36. The lowest BCUT2D eigenvalue weighted by Gasteiger charge is -2.34. The minimum Gasteiger partial charge on any atom is -0.377 e. The molecule has 0 bridgehead atoms. The quantitative estimate of drug-likeness (QED) is 0.493. The maximum Gasteiger partial charge on any atom is 0.175 e. The Morgan fingerprint density at radius 3 is 2.76 bits per heavy atom. The third-order valence-corrected chi connectivity index (χ3v) is 7.10. The number of aromatic amines is 1. The number of sulfone groups is 1. The molecular weight excluding hydrogens is 438 g/mol. The van der Waals surface area contributed by atoms with Crippen molar-refractivity contribution in [3.63, 3.8) is 0 Å². The fraction of sp³-hybridized carbons (Fsp3) is 0.292. The van der Waals surface area contributed by atoms with Crippen LogP contribution in [0.2, 0.25) is 0 Å². The molecule has 5 rings (SSSR count). The van der Waals surface area contributed by atoms with E-state index in [9.17, 15) is 8.42 Å². The van der Waals surface area contributed by atoms with Crippen LogP contribution in [0.25, 0.3) is 33.7 Å². The Morgan fingerprint density at radius 2 is 1.97 bits per heavy atom. The zero-order valence-electron chi connectivity index (χ0n) is 18.7. The molecule has 3 aromatic heterocycles. The van der Waals surface area contributed by atoms with Gasteiger partial charge in [0.2, 0.25) is 0 Å². The number of anilines is 1. The molecule has 1 atom stereocenters. The Balaban J connectivity index is 1.74. The van der Waals surface area contributed by atoms with Crippen molar-refractivity contribution < 1.29 is 13.2 Å². The summed E-state index contributed by atoms with van der Waals surface area (Å²) in [4.78, 5) is 19.8. The van der Waals surface area contributed by atoms with Crippen LogP contribution in [-0.2, 0) is 14.6 Å². The number of rotatable bonds is 4. The van der Waals surface area contributed by atoms with Crippen LogP contribution in [0.3, 0.4) is 0 Å². The molecule has 0 spiro atoms. The van der Waals surface area contributed by atoms with E-state index in [0.717, 1.165) is 40.1 Å². The maximum absolute atomic E-state index is 12.2. The SMILES string of the molecule is Cc1ccc(S(C)(=O)=O)cc1-c1cc(N2CCOC[C@H]2C)nc(-c2ccnc3[nH]ccc23)n1. The standard InChI is InChI=1S/C24H25N5O3S/c1-15-4-5-17(33(3,30)31)12-20(15)21-13-22(29-10-11-32-14-16(29)2)28-24(27-21)19-7-9-26-23-18(19)6-8-25-23/h4-9,12-13,16H,10-11,14H2,1-3H3,(H,25,26)/t16-/m1/s1. The minimum absolute atomic E-state index is 0.155. The summed E-state index contributed by atoms with van der Waals surface area (Å²) in [5.74, 6) is 1.35. The zero-order chi connectivity index (χ0) is 23.2. The average Bonchev–Trinajstić information content (AvgIpc) is 3.27. The summed E-state index contributed by atoms with van der Waals surface area (Å²) >= 11 is 0. The number of nitrogens with zero attached hydrogens (tertiary/aromatic N) is 4. The molecule has 33 heavy (non-hydrogen) atoms. The molecule has 1 fully saturated rings. The van der Waals surface area contributed by atoms with Crippen LogP contribution in [0.1, 0.15) is 12.5 Å². The molecule has 9 heteroatoms. The highest BCUT2D eigenvalue weighted by atomic mass is 32.2. The maximum atomic E-state index is 12.2. The van der Waals surface area contributed by atoms with Crippen LogP contribution < -0.4 is 4.90 Å². The van der Waals surface area contributed by atoms with E-state index < -0.39 is 9.84 Å². The third-order valence-electron chi connectivity index (χ3n) is 5.99. The highest BCUT2D eigenvalue weighted by molar-refractivity contribution is 7.90. The van der Waals surface area contributed by atoms with E-state index in [0.29, 0.717) is 24.7 Å². The molecule has 1 saturated heterocycles. The summed E-state index contributed by atoms with van der Waals surface area (Å²) in [6, 6.07) is 11.1. The van der Waals surface area contributed by atoms with Gasteiger partial charge in [-0.2, -0.15) is 0 Å². The van der Waals surface area contributed by atoms with Crippen LogP contribution in [0, 0.1) is 6.92 Å². The van der Waals surface area contributed by atoms with Crippen LogP contribution >= 0.6 is 0 Å². The second-order valence-corrected chi connectivity index (χ2v) is 10.4. The average molecular weight is 464 g/mol. The van der Waals surface area contributed by atoms with Crippen molar-refractivity contribution in [3.05, 3.63) is 54.4 Å². The molecule has 0 saturated carbocycles. The second kappa shape index (κ2) is 8.24. The first-order valence-corrected chi connectivity index (χ1v) is 12.7. The molecule has 1 aromatic carbocycles. The van der Waals surface area contributed by atoms with Gasteiger partial charge in [-0.1, -0.05) is 6.07 Å². The van der Waals surface area contributed by atoms with Gasteiger partial charge in [-0.3, -0.25) is 0 Å². The number of ether oxygens (including phenoxy) is 1. The second-order valence-electron chi connectivity index (χ2n) is 8.40. The van der Waals surface area contributed by atoms with Crippen molar-refractivity contribution in [2.75, 3.05) is 30.9 Å². The van der Waals surface area contributed by atoms with Crippen LogP contribution in [0.4, 0.5) is 5.82 Å². The van der Waals surface area contributed by atoms with Crippen molar-refractivity contribution >= 4 is 26.7 Å². The van der Waals surface area contributed by atoms with E-state index in [1.54, 1.807) is 18.3 Å². The highest BCUT2D eigenvalue weighted by Crippen LogP contribution is 2.32. The Labute approximate surface area is 192 Å². The number of nitrogens with one attached hydrogen (secondary N) is 1. The van der Waals surface area contributed by atoms with Gasteiger partial charge >= 0.3 is 0 Å². The lowest BCUT2D eigenvalue weighted by atomic mass is 10.0. The number of benzene rings is 1. The summed E-state index contributed by atoms with van der Waals surface area (Å²) in [5, 5.41) is 0.928. The first-order valence-electron chi connectivity index (χ1n) is 10.8. The third kappa shape index (κ3) is 4.09. The zero-order valence-corrected chi connectivity index (χ0v) is 19.6. The highest BCUT2D eigenvalue weighted by Gasteiger charge is 2.23. The van der Waals surface area contributed by atoms with Gasteiger partial charge in [0.05, 0.1) is 29.8 Å². The topological polar surface area (TPSA) is 101 Å². The Bertz CT molecular complexity index is 1450. The first kappa shape index (κ1) is 21.5. The number of pyridine rings is 1. The summed E-state index contributed by atoms with van der Waals surface area (Å²) < 4.78 is 30.1. The molecule has 0 unspecified atom stereocenters. The molecule has 4 heterocycles. The van der Waals surface area contributed by atoms with Crippen LogP contribution in [-0.4, -0.2) is 60.4 Å². The van der Waals surface area contributed by atoms with Gasteiger partial charge in [-0.25, -0.2) is 23.4 Å². The lowest BCUT2D eigenvalue weighted by molar-refractivity contribution is 0.0985. The first-order chi connectivity index (χ1) is 15.8. The largest absolute Gasteiger partial charge is 0.377 e. The molecule has 0 radical (unpaired) electrons. The number of H-pyrrole nitrogens is 1. The van der Waals surface area contributed by atoms with Gasteiger partial charge in [0.1, 0.15) is 11.5 Å². The molecule has 1 N–H and O–H groups in total. The van der Waals surface area contributed by atoms with Crippen molar-refractivity contribution in [2.45, 2.75) is 24.8 Å². The molecule has 0 aliphatic carbocycles. The van der Waals surface area contributed by atoms with Crippen molar-refractivity contribution in [1.29, 1.82) is 0 Å². The summed E-state index contributed by atoms with van der Waals surface area (Å²) in [6.45, 7) is 6.02. The van der Waals surface area contributed by atoms with E-state index in [2.05, 4.69) is 21.8 Å². The lowest BCUT2D eigenvalue weighted by Crippen LogP contribution is -2.44. The van der Waals surface area contributed by atoms with E-state index >= 15 is 0 Å². The molecule has 0 amide bonds. The van der Waals surface area contributed by atoms with Crippen molar-refractivity contribution in [2.24, 2.45) is 0 Å². The number of fused-ring (bicyclic) bond motifs is 1. The summed E-state index contributed by atoms with van der Waals surface area (Å²) in [7, 11) is -3.36. The van der Waals surface area contributed by atoms with Crippen molar-refractivity contribution in [3.8, 4) is 22.6 Å². The van der Waals surface area contributed by atoms with Gasteiger partial charge < -0.3 is 14.6 Å². The predicted molar refractivity (Wildman–Crippen MR) is 128 cm³/mol. The number of morpholine rings is 1. The number of aryl methyl sites for hydroxylation is 1.